The third-order valence-corrected chi connectivity index (χ3v) is 4.00. The highest BCUT2D eigenvalue weighted by atomic mass is 35.5. The van der Waals surface area contributed by atoms with Crippen LogP contribution in [-0.4, -0.2) is 25.5 Å². The monoisotopic (exact) mass is 331 g/mol. The molecular weight excluding hydrogens is 321 g/mol. The van der Waals surface area contributed by atoms with E-state index in [0.717, 1.165) is 6.07 Å². The molecule has 2 aromatic rings. The van der Waals surface area contributed by atoms with Gasteiger partial charge >= 0.3 is 0 Å². The van der Waals surface area contributed by atoms with Gasteiger partial charge in [0.2, 0.25) is 5.95 Å². The normalized spacial score (nSPS) is 11.2. The van der Waals surface area contributed by atoms with Crippen LogP contribution >= 0.6 is 11.6 Å². The highest BCUT2D eigenvalue weighted by Gasteiger charge is 2.18. The Balaban J connectivity index is 2.36. The molecule has 0 radical (unpaired) electrons. The Bertz CT molecular complexity index is 763. The van der Waals surface area contributed by atoms with E-state index in [4.69, 9.17) is 16.3 Å². The van der Waals surface area contributed by atoms with Crippen molar-refractivity contribution < 1.29 is 17.5 Å². The van der Waals surface area contributed by atoms with Crippen molar-refractivity contribution >= 4 is 27.6 Å². The number of aryl methyl sites for hydroxylation is 1. The fourth-order valence-electron chi connectivity index (χ4n) is 1.57. The third-order valence-electron chi connectivity index (χ3n) is 2.48. The highest BCUT2D eigenvalue weighted by molar-refractivity contribution is 7.92. The fourth-order valence-corrected chi connectivity index (χ4v) is 2.76. The van der Waals surface area contributed by atoms with Crippen molar-refractivity contribution in [3.8, 4) is 5.75 Å². The zero-order valence-electron chi connectivity index (χ0n) is 11.1. The number of halogens is 2. The molecule has 0 aliphatic rings. The summed E-state index contributed by atoms with van der Waals surface area (Å²) in [5.41, 5.74) is 0.494. The molecule has 1 N–H and O–H groups in total. The zero-order valence-corrected chi connectivity index (χ0v) is 12.7. The summed E-state index contributed by atoms with van der Waals surface area (Å²) in [5, 5.41) is 0.0983. The standard InChI is InChI=1S/C12H11ClFN3O3S/c1-7-5-11(13)16-12(15-7)17-21(18,19)8-3-4-10(20-2)9(14)6-8/h3-6H,1-2H3,(H,15,16,17). The number of methoxy groups -OCH3 is 1. The van der Waals surface area contributed by atoms with Gasteiger partial charge in [0.25, 0.3) is 10.0 Å². The van der Waals surface area contributed by atoms with Crippen LogP contribution in [0.1, 0.15) is 5.69 Å². The van der Waals surface area contributed by atoms with Crippen molar-refractivity contribution in [3.63, 3.8) is 0 Å². The number of anilines is 1. The molecule has 0 aliphatic carbocycles. The number of benzene rings is 1. The van der Waals surface area contributed by atoms with Crippen LogP contribution in [0.5, 0.6) is 5.75 Å². The minimum absolute atomic E-state index is 0.0520. The summed E-state index contributed by atoms with van der Waals surface area (Å²) in [6.45, 7) is 1.64. The maximum atomic E-state index is 13.6. The van der Waals surface area contributed by atoms with Crippen molar-refractivity contribution in [1.82, 2.24) is 9.97 Å². The minimum atomic E-state index is -4.02. The molecule has 0 spiro atoms. The molecule has 1 aromatic carbocycles. The van der Waals surface area contributed by atoms with Gasteiger partial charge in [-0.2, -0.15) is 0 Å². The first-order chi connectivity index (χ1) is 9.81. The molecule has 6 nitrogen and oxygen atoms in total. The molecular formula is C12H11ClFN3O3S. The van der Waals surface area contributed by atoms with Crippen molar-refractivity contribution in [2.24, 2.45) is 0 Å². The molecule has 1 aromatic heterocycles. The van der Waals surface area contributed by atoms with Gasteiger partial charge in [-0.3, -0.25) is 0 Å². The number of sulfonamides is 1. The number of nitrogens with one attached hydrogen (secondary N) is 1. The Morgan fingerprint density at radius 3 is 2.57 bits per heavy atom. The van der Waals surface area contributed by atoms with Crippen LogP contribution in [0.3, 0.4) is 0 Å². The van der Waals surface area contributed by atoms with Crippen molar-refractivity contribution in [2.75, 3.05) is 11.8 Å². The van der Waals surface area contributed by atoms with E-state index in [-0.39, 0.29) is 21.7 Å². The Hall–Kier alpha value is -1.93. The molecule has 0 atom stereocenters. The molecule has 0 fully saturated rings. The highest BCUT2D eigenvalue weighted by Crippen LogP contribution is 2.22. The van der Waals surface area contributed by atoms with Gasteiger partial charge in [0, 0.05) is 5.69 Å². The summed E-state index contributed by atoms with van der Waals surface area (Å²) in [6, 6.07) is 4.75. The Kier molecular flexibility index (Phi) is 4.29. The average Bonchev–Trinajstić information content (AvgIpc) is 2.36. The predicted octanol–water partition coefficient (Wildman–Crippen LogP) is 2.39. The van der Waals surface area contributed by atoms with E-state index in [0.29, 0.717) is 5.69 Å². The molecule has 0 amide bonds. The van der Waals surface area contributed by atoms with Crippen LogP contribution in [0.25, 0.3) is 0 Å². The minimum Gasteiger partial charge on any atom is -0.494 e. The summed E-state index contributed by atoms with van der Waals surface area (Å²) in [7, 11) is -2.74. The Morgan fingerprint density at radius 2 is 2.00 bits per heavy atom. The molecule has 2 rings (SSSR count). The second kappa shape index (κ2) is 5.82. The quantitative estimate of drug-likeness (QED) is 0.870. The fraction of sp³-hybridized carbons (Fsp3) is 0.167. The van der Waals surface area contributed by atoms with E-state index in [1.54, 1.807) is 6.92 Å². The number of ether oxygens (including phenoxy) is 1. The van der Waals surface area contributed by atoms with Crippen molar-refractivity contribution in [1.29, 1.82) is 0 Å². The lowest BCUT2D eigenvalue weighted by Crippen LogP contribution is -2.15. The first kappa shape index (κ1) is 15.5. The topological polar surface area (TPSA) is 81.2 Å². The van der Waals surface area contributed by atoms with E-state index >= 15 is 0 Å². The first-order valence-electron chi connectivity index (χ1n) is 5.69. The number of hydrogen-bond acceptors (Lipinski definition) is 5. The lowest BCUT2D eigenvalue weighted by Gasteiger charge is -2.08. The summed E-state index contributed by atoms with van der Waals surface area (Å²) in [4.78, 5) is 7.37. The van der Waals surface area contributed by atoms with Gasteiger partial charge < -0.3 is 4.74 Å². The second-order valence-electron chi connectivity index (χ2n) is 4.06. The zero-order chi connectivity index (χ0) is 15.6. The van der Waals surface area contributed by atoms with Gasteiger partial charge in [0.15, 0.2) is 11.6 Å². The molecule has 0 aliphatic heterocycles. The van der Waals surface area contributed by atoms with Gasteiger partial charge in [0.05, 0.1) is 12.0 Å². The predicted molar refractivity (Wildman–Crippen MR) is 75.5 cm³/mol. The van der Waals surface area contributed by atoms with Crippen LogP contribution in [0, 0.1) is 12.7 Å². The van der Waals surface area contributed by atoms with E-state index < -0.39 is 15.8 Å². The largest absolute Gasteiger partial charge is 0.494 e. The van der Waals surface area contributed by atoms with Crippen molar-refractivity contribution in [3.05, 3.63) is 40.9 Å². The molecule has 9 heteroatoms. The van der Waals surface area contributed by atoms with E-state index in [1.165, 1.54) is 25.3 Å². The summed E-state index contributed by atoms with van der Waals surface area (Å²) < 4.78 is 44.7. The van der Waals surface area contributed by atoms with Gasteiger partial charge in [-0.1, -0.05) is 11.6 Å². The van der Waals surface area contributed by atoms with Crippen LogP contribution in [0.2, 0.25) is 5.15 Å². The SMILES string of the molecule is COc1ccc(S(=O)(=O)Nc2nc(C)cc(Cl)n2)cc1F. The van der Waals surface area contributed by atoms with Crippen LogP contribution in [0.15, 0.2) is 29.2 Å². The summed E-state index contributed by atoms with van der Waals surface area (Å²) in [6.07, 6.45) is 0. The van der Waals surface area contributed by atoms with Gasteiger partial charge in [-0.25, -0.2) is 27.5 Å². The Labute approximate surface area is 126 Å². The van der Waals surface area contributed by atoms with E-state index in [2.05, 4.69) is 14.7 Å². The molecule has 0 bridgehead atoms. The molecule has 112 valence electrons. The van der Waals surface area contributed by atoms with Gasteiger partial charge in [-0.15, -0.1) is 0 Å². The number of nitrogens with zero attached hydrogens (tertiary/aromatic N) is 2. The summed E-state index contributed by atoms with van der Waals surface area (Å²) in [5.74, 6) is -1.02. The van der Waals surface area contributed by atoms with E-state index in [9.17, 15) is 12.8 Å². The maximum absolute atomic E-state index is 13.6. The summed E-state index contributed by atoms with van der Waals surface area (Å²) >= 11 is 5.73. The van der Waals surface area contributed by atoms with Crippen LogP contribution in [-0.2, 0) is 10.0 Å². The second-order valence-corrected chi connectivity index (χ2v) is 6.13. The lowest BCUT2D eigenvalue weighted by atomic mass is 10.3. The number of hydrogen-bond donors (Lipinski definition) is 1. The molecule has 0 saturated heterocycles. The van der Waals surface area contributed by atoms with Gasteiger partial charge in [0.1, 0.15) is 5.15 Å². The lowest BCUT2D eigenvalue weighted by molar-refractivity contribution is 0.385. The van der Waals surface area contributed by atoms with Crippen LogP contribution < -0.4 is 9.46 Å². The maximum Gasteiger partial charge on any atom is 0.264 e. The molecule has 1 heterocycles. The van der Waals surface area contributed by atoms with E-state index in [1.807, 2.05) is 0 Å². The Morgan fingerprint density at radius 1 is 1.29 bits per heavy atom. The van der Waals surface area contributed by atoms with Crippen LogP contribution in [0.4, 0.5) is 10.3 Å². The third kappa shape index (κ3) is 3.59. The van der Waals surface area contributed by atoms with Crippen molar-refractivity contribution in [2.45, 2.75) is 11.8 Å². The number of rotatable bonds is 4. The average molecular weight is 332 g/mol. The number of aromatic nitrogens is 2. The van der Waals surface area contributed by atoms with Gasteiger partial charge in [-0.05, 0) is 31.2 Å². The smallest absolute Gasteiger partial charge is 0.264 e. The molecule has 21 heavy (non-hydrogen) atoms. The first-order valence-corrected chi connectivity index (χ1v) is 7.55. The molecule has 0 unspecified atom stereocenters. The molecule has 0 saturated carbocycles.